The Morgan fingerprint density at radius 2 is 2.04 bits per heavy atom. The minimum atomic E-state index is -0.234. The highest BCUT2D eigenvalue weighted by Crippen LogP contribution is 2.34. The van der Waals surface area contributed by atoms with Gasteiger partial charge in [0.15, 0.2) is 11.5 Å². The molecule has 3 aromatic rings. The van der Waals surface area contributed by atoms with Gasteiger partial charge in [0.25, 0.3) is 5.91 Å². The molecule has 0 bridgehead atoms. The molecule has 6 heteroatoms. The quantitative estimate of drug-likeness (QED) is 0.779. The number of hydrogen-bond donors (Lipinski definition) is 2. The number of nitrogens with one attached hydrogen (secondary N) is 2. The second kappa shape index (κ2) is 5.24. The fourth-order valence-corrected chi connectivity index (χ4v) is 2.60. The summed E-state index contributed by atoms with van der Waals surface area (Å²) in [5, 5.41) is 3.71. The molecule has 1 aliphatic heterocycles. The molecular weight excluding hydrogens is 296 g/mol. The van der Waals surface area contributed by atoms with E-state index in [1.165, 1.54) is 0 Å². The van der Waals surface area contributed by atoms with Crippen LogP contribution >= 0.6 is 0 Å². The number of aromatic nitrogens is 1. The Hall–Kier alpha value is -3.15. The summed E-state index contributed by atoms with van der Waals surface area (Å²) in [6.45, 7) is 0.203. The normalized spacial score (nSPS) is 12.4. The lowest BCUT2D eigenvalue weighted by molar-refractivity contribution is 0.102. The maximum atomic E-state index is 12.4. The number of aromatic amines is 1. The molecule has 6 nitrogen and oxygen atoms in total. The van der Waals surface area contributed by atoms with Gasteiger partial charge in [-0.15, -0.1) is 0 Å². The van der Waals surface area contributed by atoms with Gasteiger partial charge in [0.1, 0.15) is 11.4 Å². The standard InChI is InChI=1S/C17H14N2O4/c1-21-14-4-2-3-12-11(14)8-13(19-12)17(20)18-10-5-6-15-16(7-10)23-9-22-15/h2-8,19H,9H2,1H3,(H,18,20). The van der Waals surface area contributed by atoms with Gasteiger partial charge >= 0.3 is 0 Å². The van der Waals surface area contributed by atoms with Crippen molar-refractivity contribution in [1.29, 1.82) is 0 Å². The lowest BCUT2D eigenvalue weighted by Gasteiger charge is -2.04. The molecule has 0 saturated heterocycles. The van der Waals surface area contributed by atoms with E-state index in [-0.39, 0.29) is 12.7 Å². The van der Waals surface area contributed by atoms with Gasteiger partial charge in [-0.25, -0.2) is 0 Å². The molecule has 1 aliphatic rings. The van der Waals surface area contributed by atoms with Crippen LogP contribution in [0.3, 0.4) is 0 Å². The molecule has 4 rings (SSSR count). The molecule has 0 radical (unpaired) electrons. The second-order valence-electron chi connectivity index (χ2n) is 5.13. The molecule has 116 valence electrons. The molecule has 2 N–H and O–H groups in total. The van der Waals surface area contributed by atoms with Crippen molar-refractivity contribution in [2.45, 2.75) is 0 Å². The van der Waals surface area contributed by atoms with E-state index in [1.807, 2.05) is 18.2 Å². The lowest BCUT2D eigenvalue weighted by Crippen LogP contribution is -2.12. The number of fused-ring (bicyclic) bond motifs is 2. The van der Waals surface area contributed by atoms with Crippen molar-refractivity contribution >= 4 is 22.5 Å². The van der Waals surface area contributed by atoms with E-state index in [2.05, 4.69) is 10.3 Å². The lowest BCUT2D eigenvalue weighted by atomic mass is 10.2. The van der Waals surface area contributed by atoms with Crippen LogP contribution < -0.4 is 19.5 Å². The monoisotopic (exact) mass is 310 g/mol. The van der Waals surface area contributed by atoms with E-state index in [0.717, 1.165) is 16.7 Å². The molecule has 0 aliphatic carbocycles. The average molecular weight is 310 g/mol. The first-order chi connectivity index (χ1) is 11.2. The zero-order valence-corrected chi connectivity index (χ0v) is 12.4. The number of carbonyl (C=O) groups excluding carboxylic acids is 1. The maximum Gasteiger partial charge on any atom is 0.272 e. The van der Waals surface area contributed by atoms with Gasteiger partial charge in [-0.3, -0.25) is 4.79 Å². The van der Waals surface area contributed by atoms with Crippen LogP contribution in [-0.2, 0) is 0 Å². The van der Waals surface area contributed by atoms with Gasteiger partial charge in [0.05, 0.1) is 7.11 Å². The summed E-state index contributed by atoms with van der Waals surface area (Å²) in [5.41, 5.74) is 1.95. The van der Waals surface area contributed by atoms with Crippen molar-refractivity contribution in [3.05, 3.63) is 48.2 Å². The highest BCUT2D eigenvalue weighted by atomic mass is 16.7. The summed E-state index contributed by atoms with van der Waals surface area (Å²) in [5.74, 6) is 1.79. The molecule has 0 saturated carbocycles. The van der Waals surface area contributed by atoms with E-state index < -0.39 is 0 Å². The Bertz CT molecular complexity index is 901. The Morgan fingerprint density at radius 1 is 1.17 bits per heavy atom. The van der Waals surface area contributed by atoms with Crippen LogP contribution in [0.2, 0.25) is 0 Å². The van der Waals surface area contributed by atoms with Crippen molar-refractivity contribution < 1.29 is 19.0 Å². The van der Waals surface area contributed by atoms with Crippen LogP contribution in [0.4, 0.5) is 5.69 Å². The first-order valence-corrected chi connectivity index (χ1v) is 7.11. The topological polar surface area (TPSA) is 72.6 Å². The van der Waals surface area contributed by atoms with Gasteiger partial charge in [-0.1, -0.05) is 6.07 Å². The van der Waals surface area contributed by atoms with Crippen molar-refractivity contribution in [2.75, 3.05) is 19.2 Å². The summed E-state index contributed by atoms with van der Waals surface area (Å²) < 4.78 is 15.9. The minimum absolute atomic E-state index is 0.203. The molecule has 0 fully saturated rings. The van der Waals surface area contributed by atoms with Crippen LogP contribution in [0.25, 0.3) is 10.9 Å². The van der Waals surface area contributed by atoms with Crippen LogP contribution in [0.1, 0.15) is 10.5 Å². The number of carbonyl (C=O) groups is 1. The summed E-state index contributed by atoms with van der Waals surface area (Å²) in [6, 6.07) is 12.7. The molecule has 2 heterocycles. The molecule has 0 unspecified atom stereocenters. The van der Waals surface area contributed by atoms with Crippen molar-refractivity contribution in [3.8, 4) is 17.2 Å². The smallest absolute Gasteiger partial charge is 0.272 e. The number of benzene rings is 2. The summed E-state index contributed by atoms with van der Waals surface area (Å²) >= 11 is 0. The molecule has 1 aromatic heterocycles. The predicted octanol–water partition coefficient (Wildman–Crippen LogP) is 3.16. The number of hydrogen-bond acceptors (Lipinski definition) is 4. The van der Waals surface area contributed by atoms with Gasteiger partial charge in [0.2, 0.25) is 6.79 Å². The molecular formula is C17H14N2O4. The predicted molar refractivity (Wildman–Crippen MR) is 85.4 cm³/mol. The fourth-order valence-electron chi connectivity index (χ4n) is 2.60. The first-order valence-electron chi connectivity index (χ1n) is 7.11. The van der Waals surface area contributed by atoms with Gasteiger partial charge < -0.3 is 24.5 Å². The van der Waals surface area contributed by atoms with E-state index >= 15 is 0 Å². The van der Waals surface area contributed by atoms with E-state index in [9.17, 15) is 4.79 Å². The third-order valence-corrected chi connectivity index (χ3v) is 3.72. The Labute approximate surface area is 132 Å². The molecule has 1 amide bonds. The SMILES string of the molecule is COc1cccc2[nH]c(C(=O)Nc3ccc4c(c3)OCO4)cc12. The third kappa shape index (κ3) is 2.34. The highest BCUT2D eigenvalue weighted by Gasteiger charge is 2.16. The minimum Gasteiger partial charge on any atom is -0.496 e. The Balaban J connectivity index is 1.62. The van der Waals surface area contributed by atoms with Crippen LogP contribution in [-0.4, -0.2) is 24.8 Å². The van der Waals surface area contributed by atoms with Crippen molar-refractivity contribution in [2.24, 2.45) is 0 Å². The van der Waals surface area contributed by atoms with Gasteiger partial charge in [0, 0.05) is 22.7 Å². The zero-order valence-electron chi connectivity index (χ0n) is 12.4. The Kier molecular flexibility index (Phi) is 3.08. The summed E-state index contributed by atoms with van der Waals surface area (Å²) in [6.07, 6.45) is 0. The second-order valence-corrected chi connectivity index (χ2v) is 5.13. The fraction of sp³-hybridized carbons (Fsp3) is 0.118. The van der Waals surface area contributed by atoms with Crippen molar-refractivity contribution in [1.82, 2.24) is 4.98 Å². The molecule has 0 spiro atoms. The van der Waals surface area contributed by atoms with Crippen LogP contribution in [0.5, 0.6) is 17.2 Å². The number of anilines is 1. The molecule has 23 heavy (non-hydrogen) atoms. The molecule has 0 atom stereocenters. The number of ether oxygens (including phenoxy) is 3. The number of amides is 1. The average Bonchev–Trinajstić information content (AvgIpc) is 3.20. The van der Waals surface area contributed by atoms with Crippen LogP contribution in [0, 0.1) is 0 Å². The zero-order chi connectivity index (χ0) is 15.8. The van der Waals surface area contributed by atoms with E-state index in [0.29, 0.717) is 22.9 Å². The summed E-state index contributed by atoms with van der Waals surface area (Å²) in [7, 11) is 1.61. The van der Waals surface area contributed by atoms with Gasteiger partial charge in [-0.05, 0) is 30.3 Å². The van der Waals surface area contributed by atoms with Gasteiger partial charge in [-0.2, -0.15) is 0 Å². The highest BCUT2D eigenvalue weighted by molar-refractivity contribution is 6.06. The number of methoxy groups -OCH3 is 1. The van der Waals surface area contributed by atoms with Crippen LogP contribution in [0.15, 0.2) is 42.5 Å². The van der Waals surface area contributed by atoms with E-state index in [1.54, 1.807) is 31.4 Å². The number of rotatable bonds is 3. The Morgan fingerprint density at radius 3 is 2.91 bits per heavy atom. The largest absolute Gasteiger partial charge is 0.496 e. The first kappa shape index (κ1) is 13.5. The maximum absolute atomic E-state index is 12.4. The van der Waals surface area contributed by atoms with E-state index in [4.69, 9.17) is 14.2 Å². The molecule has 2 aromatic carbocycles. The van der Waals surface area contributed by atoms with Crippen molar-refractivity contribution in [3.63, 3.8) is 0 Å². The summed E-state index contributed by atoms with van der Waals surface area (Å²) in [4.78, 5) is 15.5. The third-order valence-electron chi connectivity index (χ3n) is 3.72. The number of H-pyrrole nitrogens is 1.